The van der Waals surface area contributed by atoms with Crippen LogP contribution >= 0.6 is 11.6 Å². The molecule has 0 radical (unpaired) electrons. The summed E-state index contributed by atoms with van der Waals surface area (Å²) in [6, 6.07) is 60.7. The van der Waals surface area contributed by atoms with Gasteiger partial charge in [0.05, 0.1) is 93.1 Å². The van der Waals surface area contributed by atoms with Crippen LogP contribution in [0.25, 0.3) is 67.6 Å². The van der Waals surface area contributed by atoms with Crippen molar-refractivity contribution in [2.24, 2.45) is 5.73 Å². The summed E-state index contributed by atoms with van der Waals surface area (Å²) < 4.78 is 56.6. The molecular formula is C90H87ClFN21O7S. The monoisotopic (exact) mass is 1660 g/mol. The molecule has 614 valence electrons. The first-order valence-corrected chi connectivity index (χ1v) is 41.6. The molecule has 31 heteroatoms. The predicted octanol–water partition coefficient (Wildman–Crippen LogP) is 14.8. The molecule has 3 fully saturated rings. The second-order valence-electron chi connectivity index (χ2n) is 29.3. The average molecular weight is 1660 g/mol. The van der Waals surface area contributed by atoms with Gasteiger partial charge in [-0.3, -0.25) is 36.9 Å². The topological polar surface area (TPSA) is 331 Å². The Balaban J connectivity index is 0.000000120. The minimum Gasteiger partial charge on any atom is -0.384 e. The molecule has 19 rings (SSSR count). The summed E-state index contributed by atoms with van der Waals surface area (Å²) in [6.07, 6.45) is 20.7. The van der Waals surface area contributed by atoms with Crippen LogP contribution in [0, 0.1) is 5.82 Å². The first-order valence-electron chi connectivity index (χ1n) is 39.4. The number of aromatic nitrogens is 11. The van der Waals surface area contributed by atoms with Crippen LogP contribution in [0.15, 0.2) is 277 Å². The van der Waals surface area contributed by atoms with E-state index in [0.29, 0.717) is 55.2 Å². The van der Waals surface area contributed by atoms with Crippen molar-refractivity contribution in [3.8, 4) is 45.0 Å². The van der Waals surface area contributed by atoms with Gasteiger partial charge in [0.15, 0.2) is 32.4 Å². The highest BCUT2D eigenvalue weighted by Crippen LogP contribution is 2.36. The number of sulfone groups is 1. The molecule has 0 spiro atoms. The normalized spacial score (nSPS) is 13.8. The number of fused-ring (bicyclic) bond motifs is 4. The van der Waals surface area contributed by atoms with E-state index in [1.54, 1.807) is 110 Å². The summed E-state index contributed by atoms with van der Waals surface area (Å²) in [6.45, 7) is 14.9. The van der Waals surface area contributed by atoms with Gasteiger partial charge >= 0.3 is 0 Å². The number of amides is 1. The Morgan fingerprint density at radius 1 is 0.463 bits per heavy atom. The zero-order valence-corrected chi connectivity index (χ0v) is 68.0. The minimum atomic E-state index is -3.25. The molecule has 0 saturated carbocycles. The van der Waals surface area contributed by atoms with Gasteiger partial charge in [-0.25, -0.2) is 37.7 Å². The minimum absolute atomic E-state index is 0.122. The fraction of sp³-hybridized carbons (Fsp3) is 0.178. The van der Waals surface area contributed by atoms with E-state index in [2.05, 4.69) is 133 Å². The lowest BCUT2D eigenvalue weighted by Gasteiger charge is -2.38. The summed E-state index contributed by atoms with van der Waals surface area (Å²) >= 11 is 6.20. The Bertz CT molecular complexity index is 6620. The van der Waals surface area contributed by atoms with E-state index in [-0.39, 0.29) is 32.4 Å². The number of carbonyl (C=O) groups excluding carboxylic acids is 1. The molecule has 3 aliphatic heterocycles. The van der Waals surface area contributed by atoms with Gasteiger partial charge in [0, 0.05) is 201 Å². The van der Waals surface area contributed by atoms with Crippen molar-refractivity contribution < 1.29 is 27.1 Å². The number of morpholine rings is 2. The van der Waals surface area contributed by atoms with Crippen molar-refractivity contribution in [1.29, 1.82) is 0 Å². The number of halogens is 2. The van der Waals surface area contributed by atoms with Crippen LogP contribution in [-0.2, 0) is 19.3 Å². The highest BCUT2D eigenvalue weighted by Gasteiger charge is 2.23. The van der Waals surface area contributed by atoms with Gasteiger partial charge in [0.25, 0.3) is 0 Å². The first kappa shape index (κ1) is 80.6. The number of H-pyrrole nitrogens is 2. The number of hydrogen-bond acceptors (Lipinski definition) is 21. The highest BCUT2D eigenvalue weighted by atomic mass is 35.5. The third-order valence-electron chi connectivity index (χ3n) is 21.2. The van der Waals surface area contributed by atoms with E-state index in [1.165, 1.54) is 23.7 Å². The van der Waals surface area contributed by atoms with E-state index in [0.717, 1.165) is 154 Å². The maximum absolute atomic E-state index is 14.7. The molecule has 28 nitrogen and oxygen atoms in total. The number of carbonyl (C=O) groups is 1. The molecule has 3 saturated heterocycles. The van der Waals surface area contributed by atoms with Gasteiger partial charge in [-0.1, -0.05) is 17.7 Å². The van der Waals surface area contributed by atoms with E-state index < -0.39 is 15.7 Å². The smallest absolute Gasteiger partial charge is 0.250 e. The van der Waals surface area contributed by atoms with Crippen LogP contribution in [0.2, 0.25) is 5.02 Å². The van der Waals surface area contributed by atoms with Gasteiger partial charge in [-0.2, -0.15) is 0 Å². The number of aromatic amines is 2. The SMILES string of the molecule is CC(C)N1CCN(c2ccc(Nc3ccc(-c4cc[nH]c(=O)c4)n4ccnc34)cc2)CC1.CS(=O)(=O)c1ccc(Nc2ccc(-c3ccc(C(N)=O)c(Cl)c3)n3ccnc23)cc1.Nc1ccc(-c2ccc(Nc3ccc(N4CCOCC4)c(F)c3)c3nccn23)cn1.O=c1cc(-c2ccc(Nc3ccc(N4CCOCC4)cc3)c3nccn23)cc[nH]1. The molecule has 5 aromatic carbocycles. The quantitative estimate of drug-likeness (QED) is 0.0396. The Morgan fingerprint density at radius 2 is 0.860 bits per heavy atom. The Labute approximate surface area is 700 Å². The summed E-state index contributed by atoms with van der Waals surface area (Å²) in [5.41, 5.74) is 30.9. The average Bonchev–Trinajstić information content (AvgIpc) is 1.73. The van der Waals surface area contributed by atoms with Crippen LogP contribution in [0.3, 0.4) is 0 Å². The third-order valence-corrected chi connectivity index (χ3v) is 22.6. The molecule has 121 heavy (non-hydrogen) atoms. The molecule has 10 N–H and O–H groups in total. The standard InChI is InChI=1S/C25H28N6O.C22H21FN6O.C22H21N5O2.C21H17ClN4O3S/c1-18(2)29-13-15-30(16-14-29)21-5-3-20(4-6-21)28-22-7-8-23(31-12-11-27-25(22)31)19-9-10-26-24(32)17-19;23-17-13-16(2-4-20(17)28-9-11-30-12-10-28)27-18-3-5-19(29-8-7-25-22(18)29)15-1-6-21(24)26-14-15;28-21-15-16(7-8-23-21)20-6-5-19(22-24-9-10-27(20)22)25-17-1-3-18(4-2-17)26-11-13-29-14-12-26;1-30(28,29)15-5-3-14(4-6-15)25-18-8-9-19(26-11-10-24-21(18)26)13-2-7-16(20(23)27)17(22)12-13/h3-12,17-18,28H,13-16H2,1-2H3,(H,26,32);1-8,13-14,27H,9-12H2,(H2,24,26);1-10,15,25H,11-14H2,(H,23,28);2-12,25H,1H3,(H2,23,27). The number of primary amides is 1. The van der Waals surface area contributed by atoms with E-state index >= 15 is 0 Å². The lowest BCUT2D eigenvalue weighted by molar-refractivity contribution is 0.1000. The molecule has 0 atom stereocenters. The summed E-state index contributed by atoms with van der Waals surface area (Å²) in [5, 5.41) is 13.8. The molecule has 14 heterocycles. The van der Waals surface area contributed by atoms with Crippen molar-refractivity contribution in [3.05, 3.63) is 299 Å². The number of piperazine rings is 1. The van der Waals surface area contributed by atoms with Crippen LogP contribution in [0.1, 0.15) is 24.2 Å². The van der Waals surface area contributed by atoms with Gasteiger partial charge in [0.1, 0.15) is 11.6 Å². The molecule has 16 aromatic rings. The number of rotatable bonds is 18. The zero-order valence-electron chi connectivity index (χ0n) is 66.4. The lowest BCUT2D eigenvalue weighted by atomic mass is 10.1. The van der Waals surface area contributed by atoms with Crippen LogP contribution in [0.5, 0.6) is 0 Å². The van der Waals surface area contributed by atoms with Crippen molar-refractivity contribution in [2.45, 2.75) is 24.8 Å². The molecular weight excluding hydrogens is 1570 g/mol. The fourth-order valence-electron chi connectivity index (χ4n) is 14.9. The van der Waals surface area contributed by atoms with Gasteiger partial charge in [0.2, 0.25) is 17.0 Å². The van der Waals surface area contributed by atoms with Crippen molar-refractivity contribution in [3.63, 3.8) is 0 Å². The number of benzene rings is 5. The van der Waals surface area contributed by atoms with E-state index in [1.807, 2.05) is 120 Å². The Hall–Kier alpha value is -14.2. The molecule has 3 aliphatic rings. The Morgan fingerprint density at radius 3 is 1.26 bits per heavy atom. The lowest BCUT2D eigenvalue weighted by Crippen LogP contribution is -2.48. The number of nitrogens with two attached hydrogens (primary N) is 2. The number of imidazole rings is 4. The third kappa shape index (κ3) is 18.6. The maximum atomic E-state index is 14.7. The van der Waals surface area contributed by atoms with Crippen LogP contribution in [0.4, 0.5) is 72.8 Å². The molecule has 11 aromatic heterocycles. The maximum Gasteiger partial charge on any atom is 0.250 e. The molecule has 0 unspecified atom stereocenters. The summed E-state index contributed by atoms with van der Waals surface area (Å²) in [7, 11) is -3.25. The van der Waals surface area contributed by atoms with Crippen molar-refractivity contribution >= 4 is 118 Å². The van der Waals surface area contributed by atoms with Crippen LogP contribution in [-0.4, -0.2) is 163 Å². The Kier molecular flexibility index (Phi) is 24.0. The van der Waals surface area contributed by atoms with Crippen LogP contribution < -0.4 is 58.6 Å². The van der Waals surface area contributed by atoms with Crippen molar-refractivity contribution in [1.82, 2.24) is 57.4 Å². The fourth-order valence-corrected chi connectivity index (χ4v) is 15.8. The zero-order chi connectivity index (χ0) is 83.7. The largest absolute Gasteiger partial charge is 0.384 e. The molecule has 0 bridgehead atoms. The number of nitrogens with zero attached hydrogens (tertiary/aromatic N) is 13. The second-order valence-corrected chi connectivity index (χ2v) is 31.7. The van der Waals surface area contributed by atoms with Gasteiger partial charge < -0.3 is 66.9 Å². The first-order chi connectivity index (χ1) is 58.8. The van der Waals surface area contributed by atoms with E-state index in [9.17, 15) is 27.2 Å². The molecule has 0 aliphatic carbocycles. The van der Waals surface area contributed by atoms with Crippen molar-refractivity contribution in [2.75, 3.05) is 127 Å². The van der Waals surface area contributed by atoms with E-state index in [4.69, 9.17) is 32.5 Å². The van der Waals surface area contributed by atoms with Gasteiger partial charge in [-0.05, 0) is 190 Å². The van der Waals surface area contributed by atoms with Gasteiger partial charge in [-0.15, -0.1) is 0 Å². The number of nitrogens with one attached hydrogen (secondary N) is 6. The number of ether oxygens (including phenoxy) is 2. The highest BCUT2D eigenvalue weighted by molar-refractivity contribution is 7.90. The number of nitrogen functional groups attached to an aromatic ring is 1. The predicted molar refractivity (Wildman–Crippen MR) is 476 cm³/mol. The summed E-state index contributed by atoms with van der Waals surface area (Å²) in [4.78, 5) is 71.8. The molecule has 1 amide bonds. The number of anilines is 12. The number of pyridine rings is 7. The summed E-state index contributed by atoms with van der Waals surface area (Å²) in [5.74, 6) is -0.368. The number of hydrogen-bond donors (Lipinski definition) is 8. The second kappa shape index (κ2) is 36.0.